The van der Waals surface area contributed by atoms with Gasteiger partial charge in [0.15, 0.2) is 12.2 Å². The van der Waals surface area contributed by atoms with Crippen LogP contribution in [0.5, 0.6) is 0 Å². The van der Waals surface area contributed by atoms with Crippen LogP contribution in [0.25, 0.3) is 0 Å². The largest absolute Gasteiger partial charge is 0.448 e. The molecule has 0 saturated carbocycles. The van der Waals surface area contributed by atoms with Crippen LogP contribution in [0.3, 0.4) is 0 Å². The normalized spacial score (nSPS) is 19.3. The Kier molecular flexibility index (Phi) is 5.25. The van der Waals surface area contributed by atoms with Crippen molar-refractivity contribution in [2.24, 2.45) is 0 Å². The molecule has 1 aliphatic rings. The molecule has 0 radical (unpaired) electrons. The fraction of sp³-hybridized carbons (Fsp3) is 0.529. The van der Waals surface area contributed by atoms with Crippen LogP contribution in [0.1, 0.15) is 47.3 Å². The first-order chi connectivity index (χ1) is 11.1. The first kappa shape index (κ1) is 16.4. The molecule has 0 spiro atoms. The molecular weight excluding hydrogens is 312 g/mol. The van der Waals surface area contributed by atoms with E-state index in [1.165, 1.54) is 17.7 Å². The number of carbonyl (C=O) groups is 1. The minimum absolute atomic E-state index is 0.0927. The molecule has 3 rings (SSSR count). The third-order valence-electron chi connectivity index (χ3n) is 4.12. The maximum Gasteiger partial charge on any atom is 0.181 e. The van der Waals surface area contributed by atoms with Crippen LogP contribution in [0.2, 0.25) is 0 Å². The molecule has 5 nitrogen and oxygen atoms in total. The number of rotatable bonds is 6. The Morgan fingerprint density at radius 1 is 1.52 bits per heavy atom. The molecule has 2 aromatic heterocycles. The van der Waals surface area contributed by atoms with E-state index in [0.717, 1.165) is 22.9 Å². The predicted molar refractivity (Wildman–Crippen MR) is 88.9 cm³/mol. The molecular formula is C17H22N2O3S. The summed E-state index contributed by atoms with van der Waals surface area (Å²) in [5, 5.41) is 1.94. The second-order valence-electron chi connectivity index (χ2n) is 6.12. The predicted octanol–water partition coefficient (Wildman–Crippen LogP) is 3.33. The van der Waals surface area contributed by atoms with E-state index in [9.17, 15) is 4.79 Å². The van der Waals surface area contributed by atoms with E-state index in [2.05, 4.69) is 23.7 Å². The highest BCUT2D eigenvalue weighted by Crippen LogP contribution is 2.23. The molecule has 1 aliphatic heterocycles. The minimum Gasteiger partial charge on any atom is -0.448 e. The van der Waals surface area contributed by atoms with Gasteiger partial charge in [-0.1, -0.05) is 19.9 Å². The van der Waals surface area contributed by atoms with Gasteiger partial charge in [-0.15, -0.1) is 11.3 Å². The van der Waals surface area contributed by atoms with Crippen molar-refractivity contribution in [2.75, 3.05) is 19.8 Å². The number of hydrogen-bond donors (Lipinski definition) is 0. The molecule has 0 aliphatic carbocycles. The van der Waals surface area contributed by atoms with Crippen molar-refractivity contribution < 1.29 is 13.9 Å². The highest BCUT2D eigenvalue weighted by molar-refractivity contribution is 7.12. The fourth-order valence-electron chi connectivity index (χ4n) is 2.90. The number of ketones is 1. The summed E-state index contributed by atoms with van der Waals surface area (Å²) in [5.74, 6) is 1.42. The number of oxazole rings is 1. The van der Waals surface area contributed by atoms with Crippen molar-refractivity contribution in [2.45, 2.75) is 38.8 Å². The van der Waals surface area contributed by atoms with E-state index in [1.807, 2.05) is 17.5 Å². The second kappa shape index (κ2) is 7.38. The highest BCUT2D eigenvalue weighted by atomic mass is 32.1. The van der Waals surface area contributed by atoms with Crippen molar-refractivity contribution in [1.82, 2.24) is 9.88 Å². The summed E-state index contributed by atoms with van der Waals surface area (Å²) in [6.45, 7) is 7.00. The summed E-state index contributed by atoms with van der Waals surface area (Å²) >= 11 is 1.50. The lowest BCUT2D eigenvalue weighted by molar-refractivity contribution is -0.0132. The van der Waals surface area contributed by atoms with E-state index in [0.29, 0.717) is 32.1 Å². The Bertz CT molecular complexity index is 636. The number of morpholine rings is 1. The van der Waals surface area contributed by atoms with E-state index in [-0.39, 0.29) is 11.8 Å². The third-order valence-corrected chi connectivity index (χ3v) is 5.03. The number of nitrogens with zero attached hydrogens (tertiary/aromatic N) is 2. The Labute approximate surface area is 140 Å². The summed E-state index contributed by atoms with van der Waals surface area (Å²) in [7, 11) is 0. The first-order valence-corrected chi connectivity index (χ1v) is 8.84. The van der Waals surface area contributed by atoms with Gasteiger partial charge in [-0.25, -0.2) is 4.98 Å². The van der Waals surface area contributed by atoms with Crippen LogP contribution in [0.4, 0.5) is 0 Å². The SMILES string of the molecule is CC(C)c1ocnc1CN1CCOC[C@@H]1CC(=O)c1cccs1. The molecule has 0 N–H and O–H groups in total. The number of ether oxygens (including phenoxy) is 1. The molecule has 0 unspecified atom stereocenters. The molecule has 0 amide bonds. The molecule has 124 valence electrons. The van der Waals surface area contributed by atoms with Gasteiger partial charge < -0.3 is 9.15 Å². The summed E-state index contributed by atoms with van der Waals surface area (Å²) in [6, 6.07) is 3.89. The first-order valence-electron chi connectivity index (χ1n) is 7.96. The van der Waals surface area contributed by atoms with Gasteiger partial charge in [0.1, 0.15) is 5.76 Å². The zero-order chi connectivity index (χ0) is 16.2. The Morgan fingerprint density at radius 2 is 2.39 bits per heavy atom. The minimum atomic E-state index is 0.0927. The van der Waals surface area contributed by atoms with Gasteiger partial charge in [-0.05, 0) is 11.4 Å². The molecule has 1 fully saturated rings. The van der Waals surface area contributed by atoms with Crippen molar-refractivity contribution in [3.05, 3.63) is 40.2 Å². The Morgan fingerprint density at radius 3 is 3.13 bits per heavy atom. The standard InChI is InChI=1S/C17H22N2O3S/c1-12(2)17-14(18-11-22-17)9-19-5-6-21-10-13(19)8-15(20)16-4-3-7-23-16/h3-4,7,11-13H,5-6,8-10H2,1-2H3/t13-/m0/s1. The number of hydrogen-bond acceptors (Lipinski definition) is 6. The average Bonchev–Trinajstić information content (AvgIpc) is 3.20. The third kappa shape index (κ3) is 3.88. The highest BCUT2D eigenvalue weighted by Gasteiger charge is 2.28. The zero-order valence-corrected chi connectivity index (χ0v) is 14.3. The van der Waals surface area contributed by atoms with E-state index < -0.39 is 0 Å². The fourth-order valence-corrected chi connectivity index (χ4v) is 3.57. The van der Waals surface area contributed by atoms with Crippen molar-refractivity contribution in [1.29, 1.82) is 0 Å². The van der Waals surface area contributed by atoms with Crippen molar-refractivity contribution in [3.63, 3.8) is 0 Å². The van der Waals surface area contributed by atoms with Gasteiger partial charge in [-0.3, -0.25) is 9.69 Å². The lowest BCUT2D eigenvalue weighted by Gasteiger charge is -2.34. The van der Waals surface area contributed by atoms with Gasteiger partial charge in [0, 0.05) is 31.5 Å². The summed E-state index contributed by atoms with van der Waals surface area (Å²) in [4.78, 5) is 19.9. The van der Waals surface area contributed by atoms with Crippen LogP contribution >= 0.6 is 11.3 Å². The van der Waals surface area contributed by atoms with Crippen LogP contribution in [0, 0.1) is 0 Å². The van der Waals surface area contributed by atoms with Crippen molar-refractivity contribution >= 4 is 17.1 Å². The number of carbonyl (C=O) groups excluding carboxylic acids is 1. The molecule has 3 heterocycles. The van der Waals surface area contributed by atoms with Crippen LogP contribution in [-0.2, 0) is 11.3 Å². The molecule has 1 saturated heterocycles. The van der Waals surface area contributed by atoms with Gasteiger partial charge in [0.05, 0.1) is 23.8 Å². The van der Waals surface area contributed by atoms with E-state index >= 15 is 0 Å². The Hall–Kier alpha value is -1.50. The number of thiophene rings is 1. The number of Topliss-reactive ketones (excluding diaryl/α,β-unsaturated/α-hetero) is 1. The van der Waals surface area contributed by atoms with Gasteiger partial charge in [0.2, 0.25) is 0 Å². The average molecular weight is 334 g/mol. The maximum absolute atomic E-state index is 12.4. The lowest BCUT2D eigenvalue weighted by Crippen LogP contribution is -2.46. The summed E-state index contributed by atoms with van der Waals surface area (Å²) < 4.78 is 11.1. The van der Waals surface area contributed by atoms with Gasteiger partial charge >= 0.3 is 0 Å². The van der Waals surface area contributed by atoms with Crippen LogP contribution < -0.4 is 0 Å². The van der Waals surface area contributed by atoms with Crippen LogP contribution in [-0.4, -0.2) is 41.5 Å². The van der Waals surface area contributed by atoms with E-state index in [1.54, 1.807) is 0 Å². The maximum atomic E-state index is 12.4. The Balaban J connectivity index is 1.69. The number of aromatic nitrogens is 1. The van der Waals surface area contributed by atoms with E-state index in [4.69, 9.17) is 9.15 Å². The van der Waals surface area contributed by atoms with Gasteiger partial charge in [-0.2, -0.15) is 0 Å². The molecule has 2 aromatic rings. The second-order valence-corrected chi connectivity index (χ2v) is 7.07. The lowest BCUT2D eigenvalue weighted by atomic mass is 10.1. The molecule has 0 bridgehead atoms. The summed E-state index contributed by atoms with van der Waals surface area (Å²) in [6.07, 6.45) is 1.99. The quantitative estimate of drug-likeness (QED) is 0.759. The van der Waals surface area contributed by atoms with Crippen molar-refractivity contribution in [3.8, 4) is 0 Å². The van der Waals surface area contributed by atoms with Gasteiger partial charge in [0.25, 0.3) is 0 Å². The molecule has 23 heavy (non-hydrogen) atoms. The molecule has 6 heteroatoms. The molecule has 1 atom stereocenters. The van der Waals surface area contributed by atoms with Crippen LogP contribution in [0.15, 0.2) is 28.3 Å². The topological polar surface area (TPSA) is 55.6 Å². The monoisotopic (exact) mass is 334 g/mol. The summed E-state index contributed by atoms with van der Waals surface area (Å²) in [5.41, 5.74) is 0.968. The smallest absolute Gasteiger partial charge is 0.181 e. The molecule has 0 aromatic carbocycles. The zero-order valence-electron chi connectivity index (χ0n) is 13.5.